The van der Waals surface area contributed by atoms with Gasteiger partial charge in [0.15, 0.2) is 6.29 Å². The minimum atomic E-state index is 0.458. The van der Waals surface area contributed by atoms with Gasteiger partial charge in [-0.15, -0.1) is 9.24 Å². The van der Waals surface area contributed by atoms with Crippen LogP contribution in [0.15, 0.2) is 12.1 Å². The number of benzene rings is 1. The summed E-state index contributed by atoms with van der Waals surface area (Å²) in [7, 11) is 2.39. The Hall–Kier alpha value is -1.08. The van der Waals surface area contributed by atoms with Crippen molar-refractivity contribution in [3.8, 4) is 0 Å². The van der Waals surface area contributed by atoms with E-state index >= 15 is 0 Å². The van der Waals surface area contributed by atoms with E-state index in [9.17, 15) is 4.79 Å². The molecule has 1 rings (SSSR count). The fourth-order valence-electron chi connectivity index (χ4n) is 0.773. The number of aldehydes is 1. The minimum Gasteiger partial charge on any atom is -0.397 e. The first-order valence-electron chi connectivity index (χ1n) is 3.05. The van der Waals surface area contributed by atoms with Crippen LogP contribution in [0.3, 0.4) is 0 Å². The lowest BCUT2D eigenvalue weighted by Crippen LogP contribution is -2.10. The summed E-state index contributed by atoms with van der Waals surface area (Å²) in [6.07, 6.45) is 0.748. The van der Waals surface area contributed by atoms with Gasteiger partial charge >= 0.3 is 0 Å². The first-order chi connectivity index (χ1) is 5.16. The SMILES string of the molecule is Nc1ccc(C=O)c(P)c1N. The largest absolute Gasteiger partial charge is 0.397 e. The quantitative estimate of drug-likeness (QED) is 0.356. The zero-order valence-corrected chi connectivity index (χ0v) is 7.03. The maximum absolute atomic E-state index is 10.4. The Morgan fingerprint density at radius 3 is 2.55 bits per heavy atom. The van der Waals surface area contributed by atoms with Crippen molar-refractivity contribution in [1.82, 2.24) is 0 Å². The molecule has 0 spiro atoms. The molecule has 0 aliphatic rings. The van der Waals surface area contributed by atoms with E-state index < -0.39 is 0 Å². The first kappa shape index (κ1) is 8.02. The highest BCUT2D eigenvalue weighted by atomic mass is 31.0. The highest BCUT2D eigenvalue weighted by Crippen LogP contribution is 2.15. The van der Waals surface area contributed by atoms with Crippen LogP contribution in [-0.4, -0.2) is 6.29 Å². The molecule has 1 aromatic carbocycles. The average Bonchev–Trinajstić information content (AvgIpc) is 2.01. The Balaban J connectivity index is 3.36. The number of carbonyl (C=O) groups excluding carboxylic acids is 1. The Morgan fingerprint density at radius 2 is 2.00 bits per heavy atom. The summed E-state index contributed by atoms with van der Waals surface area (Å²) in [5.41, 5.74) is 12.6. The van der Waals surface area contributed by atoms with Gasteiger partial charge in [0, 0.05) is 10.9 Å². The molecule has 0 amide bonds. The highest BCUT2D eigenvalue weighted by molar-refractivity contribution is 7.28. The van der Waals surface area contributed by atoms with Crippen molar-refractivity contribution in [2.24, 2.45) is 0 Å². The zero-order valence-electron chi connectivity index (χ0n) is 5.87. The number of anilines is 2. The van der Waals surface area contributed by atoms with Crippen LogP contribution < -0.4 is 16.8 Å². The van der Waals surface area contributed by atoms with Crippen LogP contribution in [0.5, 0.6) is 0 Å². The summed E-state index contributed by atoms with van der Waals surface area (Å²) in [5.74, 6) is 0. The van der Waals surface area contributed by atoms with E-state index in [-0.39, 0.29) is 0 Å². The first-order valence-corrected chi connectivity index (χ1v) is 3.63. The number of hydrogen-bond acceptors (Lipinski definition) is 3. The van der Waals surface area contributed by atoms with Crippen LogP contribution in [0.25, 0.3) is 0 Å². The van der Waals surface area contributed by atoms with Crippen molar-refractivity contribution in [2.45, 2.75) is 0 Å². The van der Waals surface area contributed by atoms with Crippen molar-refractivity contribution in [2.75, 3.05) is 11.5 Å². The second-order valence-corrected chi connectivity index (χ2v) is 2.77. The smallest absolute Gasteiger partial charge is 0.150 e. The van der Waals surface area contributed by atoms with Gasteiger partial charge in [0.2, 0.25) is 0 Å². The molecule has 1 aromatic rings. The summed E-state index contributed by atoms with van der Waals surface area (Å²) in [4.78, 5) is 10.4. The molecular weight excluding hydrogens is 159 g/mol. The standard InChI is InChI=1S/C7H9N2OP/c8-5-2-1-4(3-10)7(11)6(5)9/h1-3H,8-9,11H2. The third-order valence-electron chi connectivity index (χ3n) is 1.48. The summed E-state index contributed by atoms with van der Waals surface area (Å²) in [5, 5.41) is 0.667. The molecule has 0 aromatic heterocycles. The van der Waals surface area contributed by atoms with Crippen molar-refractivity contribution in [1.29, 1.82) is 0 Å². The van der Waals surface area contributed by atoms with E-state index in [1.165, 1.54) is 0 Å². The molecule has 0 fully saturated rings. The number of rotatable bonds is 1. The van der Waals surface area contributed by atoms with Crippen molar-refractivity contribution < 1.29 is 4.79 Å². The molecule has 3 nitrogen and oxygen atoms in total. The second kappa shape index (κ2) is 2.89. The molecule has 0 saturated heterocycles. The molecule has 0 radical (unpaired) electrons. The van der Waals surface area contributed by atoms with Crippen LogP contribution in [0, 0.1) is 0 Å². The molecule has 0 heterocycles. The zero-order chi connectivity index (χ0) is 8.43. The number of nitrogen functional groups attached to an aromatic ring is 2. The lowest BCUT2D eigenvalue weighted by Gasteiger charge is -2.04. The van der Waals surface area contributed by atoms with Gasteiger partial charge in [0.05, 0.1) is 11.4 Å². The Labute approximate surface area is 67.0 Å². The van der Waals surface area contributed by atoms with Crippen LogP contribution in [-0.2, 0) is 0 Å². The average molecular weight is 168 g/mol. The molecule has 0 aliphatic carbocycles. The Bertz CT molecular complexity index is 299. The lowest BCUT2D eigenvalue weighted by atomic mass is 10.2. The third-order valence-corrected chi connectivity index (χ3v) is 2.13. The summed E-state index contributed by atoms with van der Waals surface area (Å²) >= 11 is 0. The molecule has 0 aliphatic heterocycles. The van der Waals surface area contributed by atoms with E-state index in [1.54, 1.807) is 12.1 Å². The molecule has 58 valence electrons. The molecule has 1 atom stereocenters. The normalized spacial score (nSPS) is 9.55. The van der Waals surface area contributed by atoms with Crippen LogP contribution in [0.4, 0.5) is 11.4 Å². The van der Waals surface area contributed by atoms with E-state index in [0.717, 1.165) is 6.29 Å². The topological polar surface area (TPSA) is 69.1 Å². The fraction of sp³-hybridized carbons (Fsp3) is 0. The maximum Gasteiger partial charge on any atom is 0.150 e. The molecule has 4 heteroatoms. The Morgan fingerprint density at radius 1 is 1.36 bits per heavy atom. The van der Waals surface area contributed by atoms with Gasteiger partial charge in [-0.1, -0.05) is 0 Å². The summed E-state index contributed by atoms with van der Waals surface area (Å²) in [6, 6.07) is 3.26. The summed E-state index contributed by atoms with van der Waals surface area (Å²) < 4.78 is 0. The maximum atomic E-state index is 10.4. The van der Waals surface area contributed by atoms with Crippen molar-refractivity contribution in [3.63, 3.8) is 0 Å². The predicted molar refractivity (Wildman–Crippen MR) is 50.0 cm³/mol. The van der Waals surface area contributed by atoms with Gasteiger partial charge in [-0.25, -0.2) is 0 Å². The second-order valence-electron chi connectivity index (χ2n) is 2.19. The molecule has 11 heavy (non-hydrogen) atoms. The van der Waals surface area contributed by atoms with E-state index in [4.69, 9.17) is 11.5 Å². The summed E-state index contributed by atoms with van der Waals surface area (Å²) in [6.45, 7) is 0. The Kier molecular flexibility index (Phi) is 2.11. The lowest BCUT2D eigenvalue weighted by molar-refractivity contribution is 0.112. The van der Waals surface area contributed by atoms with Crippen LogP contribution >= 0.6 is 9.24 Å². The van der Waals surface area contributed by atoms with E-state index in [2.05, 4.69) is 9.24 Å². The molecule has 1 unspecified atom stereocenters. The van der Waals surface area contributed by atoms with Gasteiger partial charge in [-0.2, -0.15) is 0 Å². The molecule has 0 bridgehead atoms. The van der Waals surface area contributed by atoms with Gasteiger partial charge < -0.3 is 11.5 Å². The van der Waals surface area contributed by atoms with E-state index in [0.29, 0.717) is 22.2 Å². The molecular formula is C7H9N2OP. The molecule has 0 saturated carbocycles. The number of hydrogen-bond donors (Lipinski definition) is 2. The van der Waals surface area contributed by atoms with Crippen molar-refractivity contribution in [3.05, 3.63) is 17.7 Å². The third kappa shape index (κ3) is 1.33. The van der Waals surface area contributed by atoms with Crippen molar-refractivity contribution >= 4 is 32.2 Å². The van der Waals surface area contributed by atoms with Gasteiger partial charge in [0.25, 0.3) is 0 Å². The highest BCUT2D eigenvalue weighted by Gasteiger charge is 2.02. The van der Waals surface area contributed by atoms with Gasteiger partial charge in [-0.3, -0.25) is 4.79 Å². The van der Waals surface area contributed by atoms with Crippen LogP contribution in [0.2, 0.25) is 0 Å². The van der Waals surface area contributed by atoms with Gasteiger partial charge in [0.1, 0.15) is 0 Å². The number of nitrogens with two attached hydrogens (primary N) is 2. The van der Waals surface area contributed by atoms with Crippen LogP contribution in [0.1, 0.15) is 10.4 Å². The predicted octanol–water partition coefficient (Wildman–Crippen LogP) is 0.164. The fourth-order valence-corrected chi connectivity index (χ4v) is 1.10. The van der Waals surface area contributed by atoms with E-state index in [1.807, 2.05) is 0 Å². The number of carbonyl (C=O) groups is 1. The van der Waals surface area contributed by atoms with Gasteiger partial charge in [-0.05, 0) is 12.1 Å². The molecule has 4 N–H and O–H groups in total. The minimum absolute atomic E-state index is 0.458. The monoisotopic (exact) mass is 168 g/mol.